The summed E-state index contributed by atoms with van der Waals surface area (Å²) in [5.41, 5.74) is 14.8. The number of aromatic nitrogens is 5. The second-order valence-corrected chi connectivity index (χ2v) is 16.4. The lowest BCUT2D eigenvalue weighted by Crippen LogP contribution is -2.18. The molecule has 13 rings (SSSR count). The molecule has 0 saturated carbocycles. The third-order valence-electron chi connectivity index (χ3n) is 12.9. The van der Waals surface area contributed by atoms with Gasteiger partial charge in [0.25, 0.3) is 0 Å². The fourth-order valence-electron chi connectivity index (χ4n) is 10.3. The average molecular weight is 754 g/mol. The number of hydrogen-bond donors (Lipinski definition) is 0. The van der Waals surface area contributed by atoms with E-state index >= 15 is 0 Å². The second kappa shape index (κ2) is 11.7. The highest BCUT2D eigenvalue weighted by molar-refractivity contribution is 6.26. The molecule has 0 N–H and O–H groups in total. The lowest BCUT2D eigenvalue weighted by molar-refractivity contribution is 0.656. The molecule has 59 heavy (non-hydrogen) atoms. The highest BCUT2D eigenvalue weighted by Gasteiger charge is 2.40. The molecule has 5 heteroatoms. The van der Waals surface area contributed by atoms with Gasteiger partial charge in [0, 0.05) is 54.4 Å². The molecule has 0 radical (unpaired) electrons. The van der Waals surface area contributed by atoms with Crippen molar-refractivity contribution in [3.8, 4) is 51.0 Å². The predicted octanol–water partition coefficient (Wildman–Crippen LogP) is 13.4. The van der Waals surface area contributed by atoms with Gasteiger partial charge in [-0.15, -0.1) is 0 Å². The van der Waals surface area contributed by atoms with Crippen LogP contribution in [-0.2, 0) is 5.41 Å². The van der Waals surface area contributed by atoms with E-state index in [1.165, 1.54) is 82.2 Å². The molecule has 0 saturated heterocycles. The molecule has 4 aromatic heterocycles. The van der Waals surface area contributed by atoms with E-state index in [0.717, 1.165) is 22.4 Å². The van der Waals surface area contributed by atoms with Crippen LogP contribution in [0.15, 0.2) is 176 Å². The van der Waals surface area contributed by atoms with Crippen LogP contribution in [0.4, 0.5) is 0 Å². The lowest BCUT2D eigenvalue weighted by atomic mass is 9.81. The van der Waals surface area contributed by atoms with Crippen LogP contribution in [0.5, 0.6) is 0 Å². The smallest absolute Gasteiger partial charge is 0.164 e. The molecule has 4 heterocycles. The Morgan fingerprint density at radius 3 is 1.69 bits per heavy atom. The van der Waals surface area contributed by atoms with Crippen molar-refractivity contribution in [3.63, 3.8) is 0 Å². The van der Waals surface area contributed by atoms with Gasteiger partial charge in [-0.25, -0.2) is 15.0 Å². The van der Waals surface area contributed by atoms with Gasteiger partial charge >= 0.3 is 0 Å². The summed E-state index contributed by atoms with van der Waals surface area (Å²) in [4.78, 5) is 15.5. The molecule has 0 atom stereocenters. The van der Waals surface area contributed by atoms with E-state index in [2.05, 4.69) is 162 Å². The van der Waals surface area contributed by atoms with Gasteiger partial charge in [0.2, 0.25) is 0 Å². The standard InChI is InChI=1S/C54H35N5/c1-54(2)42-25-12-9-22-38(42)48-39(53-56-51(32-16-5-3-6-17-32)55-52(57-53)33-18-7-4-8-19-33)28-29-45(49(48)54)58-43-26-13-11-21-35(43)40-30-41-37-24-15-23-36-34-20-10-14-27-44(34)59(50(36)37)47(41)31-46(40)58/h3-31H,1-2H3. The Balaban J connectivity index is 1.14. The Hall–Kier alpha value is -7.63. The van der Waals surface area contributed by atoms with Crippen molar-refractivity contribution in [1.29, 1.82) is 0 Å². The first-order valence-corrected chi connectivity index (χ1v) is 20.3. The Kier molecular flexibility index (Phi) is 6.44. The Morgan fingerprint density at radius 2 is 0.966 bits per heavy atom. The molecule has 1 aliphatic carbocycles. The van der Waals surface area contributed by atoms with Gasteiger partial charge in [0.15, 0.2) is 17.5 Å². The normalized spacial score (nSPS) is 13.4. The summed E-state index contributed by atoms with van der Waals surface area (Å²) in [5, 5.41) is 7.63. The van der Waals surface area contributed by atoms with Crippen LogP contribution in [0.25, 0.3) is 111 Å². The molecular weight excluding hydrogens is 719 g/mol. The summed E-state index contributed by atoms with van der Waals surface area (Å²) in [6.07, 6.45) is 0. The van der Waals surface area contributed by atoms with Crippen molar-refractivity contribution in [2.45, 2.75) is 19.3 Å². The molecule has 0 unspecified atom stereocenters. The monoisotopic (exact) mass is 753 g/mol. The molecule has 0 bridgehead atoms. The SMILES string of the molecule is CC1(C)c2ccccc2-c2c(-c3nc(-c4ccccc4)nc(-c4ccccc4)n3)ccc(-n3c4ccccc4c4cc5c6cccc7c8ccccc8n(c5cc43)c76)c21. The largest absolute Gasteiger partial charge is 0.309 e. The van der Waals surface area contributed by atoms with E-state index in [4.69, 9.17) is 15.0 Å². The highest BCUT2D eigenvalue weighted by Crippen LogP contribution is 2.55. The van der Waals surface area contributed by atoms with Crippen molar-refractivity contribution in [2.24, 2.45) is 0 Å². The van der Waals surface area contributed by atoms with E-state index < -0.39 is 0 Å². The maximum Gasteiger partial charge on any atom is 0.164 e. The number of rotatable bonds is 4. The van der Waals surface area contributed by atoms with E-state index in [0.29, 0.717) is 17.5 Å². The number of nitrogens with zero attached hydrogens (tertiary/aromatic N) is 5. The zero-order valence-corrected chi connectivity index (χ0v) is 32.5. The summed E-state index contributed by atoms with van der Waals surface area (Å²) < 4.78 is 5.00. The van der Waals surface area contributed by atoms with Gasteiger partial charge in [-0.05, 0) is 58.7 Å². The molecule has 5 nitrogen and oxygen atoms in total. The van der Waals surface area contributed by atoms with Crippen molar-refractivity contribution in [1.82, 2.24) is 23.9 Å². The van der Waals surface area contributed by atoms with Gasteiger partial charge in [-0.1, -0.05) is 153 Å². The van der Waals surface area contributed by atoms with Crippen LogP contribution in [0.3, 0.4) is 0 Å². The minimum absolute atomic E-state index is 0.331. The van der Waals surface area contributed by atoms with Gasteiger partial charge in [0.05, 0.1) is 33.3 Å². The molecule has 276 valence electrons. The molecule has 0 amide bonds. The maximum atomic E-state index is 5.26. The third kappa shape index (κ3) is 4.36. The van der Waals surface area contributed by atoms with Crippen molar-refractivity contribution < 1.29 is 0 Å². The van der Waals surface area contributed by atoms with Crippen molar-refractivity contribution >= 4 is 59.9 Å². The minimum Gasteiger partial charge on any atom is -0.309 e. The molecule has 12 aromatic rings. The number of para-hydroxylation sites is 3. The van der Waals surface area contributed by atoms with Crippen LogP contribution in [0.2, 0.25) is 0 Å². The quantitative estimate of drug-likeness (QED) is 0.180. The highest BCUT2D eigenvalue weighted by atomic mass is 15.0. The fraction of sp³-hybridized carbons (Fsp3) is 0.0556. The summed E-state index contributed by atoms with van der Waals surface area (Å²) in [6, 6.07) is 63.2. The van der Waals surface area contributed by atoms with Crippen LogP contribution in [-0.4, -0.2) is 23.9 Å². The second-order valence-electron chi connectivity index (χ2n) is 16.4. The molecular formula is C54H35N5. The fourth-order valence-corrected chi connectivity index (χ4v) is 10.3. The van der Waals surface area contributed by atoms with Gasteiger partial charge in [-0.2, -0.15) is 0 Å². The Labute approximate surface area is 339 Å². The summed E-state index contributed by atoms with van der Waals surface area (Å²) >= 11 is 0. The molecule has 0 fully saturated rings. The van der Waals surface area contributed by atoms with Crippen LogP contribution >= 0.6 is 0 Å². The van der Waals surface area contributed by atoms with Gasteiger partial charge in [0.1, 0.15) is 0 Å². The topological polar surface area (TPSA) is 48.0 Å². The van der Waals surface area contributed by atoms with E-state index in [-0.39, 0.29) is 5.41 Å². The number of benzene rings is 8. The zero-order valence-electron chi connectivity index (χ0n) is 32.5. The lowest BCUT2D eigenvalue weighted by Gasteiger charge is -2.26. The van der Waals surface area contributed by atoms with Crippen LogP contribution in [0, 0.1) is 0 Å². The maximum absolute atomic E-state index is 5.26. The Bertz CT molecular complexity index is 3630. The van der Waals surface area contributed by atoms with Gasteiger partial charge in [-0.3, -0.25) is 0 Å². The minimum atomic E-state index is -0.331. The van der Waals surface area contributed by atoms with E-state index in [9.17, 15) is 0 Å². The van der Waals surface area contributed by atoms with Crippen LogP contribution in [0.1, 0.15) is 25.0 Å². The van der Waals surface area contributed by atoms with Gasteiger partial charge < -0.3 is 8.97 Å². The molecule has 0 aliphatic heterocycles. The first-order valence-electron chi connectivity index (χ1n) is 20.3. The average Bonchev–Trinajstić information content (AvgIpc) is 3.99. The van der Waals surface area contributed by atoms with Crippen molar-refractivity contribution in [2.75, 3.05) is 0 Å². The first kappa shape index (κ1) is 32.5. The first-order chi connectivity index (χ1) is 29.0. The predicted molar refractivity (Wildman–Crippen MR) is 243 cm³/mol. The van der Waals surface area contributed by atoms with E-state index in [1.807, 2.05) is 36.4 Å². The summed E-state index contributed by atoms with van der Waals surface area (Å²) in [7, 11) is 0. The van der Waals surface area contributed by atoms with E-state index in [1.54, 1.807) is 0 Å². The molecule has 0 spiro atoms. The number of fused-ring (bicyclic) bond motifs is 12. The van der Waals surface area contributed by atoms with Crippen LogP contribution < -0.4 is 0 Å². The Morgan fingerprint density at radius 1 is 0.407 bits per heavy atom. The zero-order chi connectivity index (χ0) is 39.0. The number of hydrogen-bond acceptors (Lipinski definition) is 3. The summed E-state index contributed by atoms with van der Waals surface area (Å²) in [5.74, 6) is 1.97. The molecule has 1 aliphatic rings. The molecule has 8 aromatic carbocycles. The van der Waals surface area contributed by atoms with Crippen molar-refractivity contribution in [3.05, 3.63) is 187 Å². The summed E-state index contributed by atoms with van der Waals surface area (Å²) in [6.45, 7) is 4.74. The third-order valence-corrected chi connectivity index (χ3v) is 12.9.